The lowest BCUT2D eigenvalue weighted by Gasteiger charge is -2.27. The first-order valence-electron chi connectivity index (χ1n) is 11.3. The fraction of sp³-hybridized carbons (Fsp3) is 0.185. The Kier molecular flexibility index (Phi) is 4.58. The first-order valence-corrected chi connectivity index (χ1v) is 11.3. The minimum Gasteiger partial charge on any atom is -0.349 e. The maximum absolute atomic E-state index is 13.9. The highest BCUT2D eigenvalue weighted by molar-refractivity contribution is 6.37. The number of rotatable bonds is 3. The van der Waals surface area contributed by atoms with Crippen LogP contribution in [0, 0.1) is 28.9 Å². The summed E-state index contributed by atoms with van der Waals surface area (Å²) in [7, 11) is 0. The maximum Gasteiger partial charge on any atom is 0.269 e. The van der Waals surface area contributed by atoms with E-state index in [9.17, 15) is 29.3 Å². The van der Waals surface area contributed by atoms with Crippen LogP contribution in [-0.4, -0.2) is 33.9 Å². The Balaban J connectivity index is 1.53. The first-order chi connectivity index (χ1) is 17.3. The minimum absolute atomic E-state index is 0.153. The summed E-state index contributed by atoms with van der Waals surface area (Å²) in [6.07, 6.45) is -1.02. The lowest BCUT2D eigenvalue weighted by molar-refractivity contribution is -0.384. The van der Waals surface area contributed by atoms with E-state index in [0.717, 1.165) is 4.90 Å². The molecule has 9 nitrogen and oxygen atoms in total. The van der Waals surface area contributed by atoms with Gasteiger partial charge in [0.05, 0.1) is 28.6 Å². The van der Waals surface area contributed by atoms with E-state index in [4.69, 9.17) is 4.74 Å². The molecule has 9 heteroatoms. The molecule has 3 aromatic carbocycles. The summed E-state index contributed by atoms with van der Waals surface area (Å²) in [6, 6.07) is 18.8. The molecule has 6 rings (SSSR count). The largest absolute Gasteiger partial charge is 0.349 e. The molecule has 0 unspecified atom stereocenters. The predicted octanol–water partition coefficient (Wildman–Crippen LogP) is 3.60. The maximum atomic E-state index is 13.9. The predicted molar refractivity (Wildman–Crippen MR) is 125 cm³/mol. The number of hydrogen-bond donors (Lipinski definition) is 0. The van der Waals surface area contributed by atoms with Crippen LogP contribution < -0.4 is 4.90 Å². The average molecular weight is 482 g/mol. The molecule has 2 amide bonds. The number of amides is 2. The normalized spacial score (nSPS) is 23.9. The number of carbonyl (C=O) groups is 4. The van der Waals surface area contributed by atoms with Gasteiger partial charge in [0.1, 0.15) is 0 Å². The summed E-state index contributed by atoms with van der Waals surface area (Å²) in [4.78, 5) is 66.8. The van der Waals surface area contributed by atoms with E-state index in [1.807, 2.05) is 0 Å². The van der Waals surface area contributed by atoms with Crippen LogP contribution in [0.5, 0.6) is 0 Å². The number of nitrogens with zero attached hydrogens (tertiary/aromatic N) is 2. The molecule has 2 fully saturated rings. The highest BCUT2D eigenvalue weighted by Crippen LogP contribution is 2.57. The summed E-state index contributed by atoms with van der Waals surface area (Å²) in [5, 5.41) is 11.2. The molecule has 178 valence electrons. The van der Waals surface area contributed by atoms with Crippen molar-refractivity contribution in [3.8, 4) is 0 Å². The second-order valence-corrected chi connectivity index (χ2v) is 9.13. The number of ketones is 2. The van der Waals surface area contributed by atoms with Gasteiger partial charge >= 0.3 is 0 Å². The average Bonchev–Trinajstić information content (AvgIpc) is 3.45. The number of anilines is 1. The van der Waals surface area contributed by atoms with Crippen LogP contribution >= 0.6 is 0 Å². The molecule has 0 radical (unpaired) electrons. The van der Waals surface area contributed by atoms with Crippen molar-refractivity contribution in [2.75, 3.05) is 4.90 Å². The first kappa shape index (κ1) is 22.0. The zero-order valence-electron chi connectivity index (χ0n) is 18.9. The van der Waals surface area contributed by atoms with Crippen molar-refractivity contribution in [1.82, 2.24) is 0 Å². The van der Waals surface area contributed by atoms with Gasteiger partial charge in [0.2, 0.25) is 29.0 Å². The topological polar surface area (TPSA) is 124 Å². The third kappa shape index (κ3) is 2.68. The third-order valence-electron chi connectivity index (χ3n) is 7.28. The smallest absolute Gasteiger partial charge is 0.269 e. The summed E-state index contributed by atoms with van der Waals surface area (Å²) >= 11 is 0. The molecule has 2 aliphatic heterocycles. The summed E-state index contributed by atoms with van der Waals surface area (Å²) < 4.78 is 6.22. The molecule has 0 bridgehead atoms. The van der Waals surface area contributed by atoms with Gasteiger partial charge in [-0.25, -0.2) is 4.90 Å². The van der Waals surface area contributed by atoms with Crippen LogP contribution in [0.3, 0.4) is 0 Å². The number of aryl methyl sites for hydroxylation is 1. The number of benzene rings is 3. The molecule has 2 saturated heterocycles. The second-order valence-electron chi connectivity index (χ2n) is 9.13. The molecule has 2 heterocycles. The van der Waals surface area contributed by atoms with E-state index >= 15 is 0 Å². The number of ether oxygens (including phenoxy) is 1. The Bertz CT molecular complexity index is 1480. The number of non-ortho nitro benzene ring substituents is 1. The van der Waals surface area contributed by atoms with Crippen molar-refractivity contribution in [3.63, 3.8) is 0 Å². The van der Waals surface area contributed by atoms with Gasteiger partial charge < -0.3 is 4.74 Å². The van der Waals surface area contributed by atoms with E-state index in [2.05, 4.69) is 0 Å². The van der Waals surface area contributed by atoms with Gasteiger partial charge in [-0.2, -0.15) is 0 Å². The third-order valence-corrected chi connectivity index (χ3v) is 7.28. The number of carbonyl (C=O) groups excluding carboxylic acids is 4. The van der Waals surface area contributed by atoms with Crippen molar-refractivity contribution in [2.24, 2.45) is 11.8 Å². The number of hydrogen-bond acceptors (Lipinski definition) is 7. The Labute approximate surface area is 204 Å². The number of Topliss-reactive ketones (excluding diaryl/α,β-unsaturated/α-hetero) is 2. The number of imide groups is 1. The minimum atomic E-state index is -2.16. The van der Waals surface area contributed by atoms with Crippen molar-refractivity contribution in [2.45, 2.75) is 18.6 Å². The summed E-state index contributed by atoms with van der Waals surface area (Å²) in [5.74, 6) is -5.15. The van der Waals surface area contributed by atoms with Crippen LogP contribution in [0.25, 0.3) is 0 Å². The SMILES string of the molecule is Cc1cc([N+](=O)[O-])ccc1N1C(=O)[C@@H]2[C@@H](c3ccccc3)OC3(C(=O)c4ccccc4C3=O)[C@H]2C1=O. The lowest BCUT2D eigenvalue weighted by Crippen LogP contribution is -2.51. The number of nitro benzene ring substituents is 1. The van der Waals surface area contributed by atoms with Gasteiger partial charge in [0.25, 0.3) is 5.69 Å². The van der Waals surface area contributed by atoms with E-state index in [1.165, 1.54) is 30.3 Å². The van der Waals surface area contributed by atoms with E-state index in [1.54, 1.807) is 49.4 Å². The molecule has 3 aromatic rings. The summed E-state index contributed by atoms with van der Waals surface area (Å²) in [5.41, 5.74) is -0.976. The second kappa shape index (κ2) is 7.50. The van der Waals surface area contributed by atoms with Gasteiger partial charge in [0.15, 0.2) is 0 Å². The lowest BCUT2D eigenvalue weighted by atomic mass is 9.77. The van der Waals surface area contributed by atoms with E-state index in [0.29, 0.717) is 11.1 Å². The van der Waals surface area contributed by atoms with Crippen LogP contribution in [0.1, 0.15) is 37.9 Å². The molecule has 1 aliphatic carbocycles. The van der Waals surface area contributed by atoms with Gasteiger partial charge in [-0.05, 0) is 24.1 Å². The van der Waals surface area contributed by atoms with Crippen LogP contribution in [0.4, 0.5) is 11.4 Å². The fourth-order valence-electron chi connectivity index (χ4n) is 5.70. The molecule has 3 aliphatic rings. The van der Waals surface area contributed by atoms with Crippen molar-refractivity contribution in [1.29, 1.82) is 0 Å². The van der Waals surface area contributed by atoms with E-state index in [-0.39, 0.29) is 22.5 Å². The number of nitro groups is 1. The fourth-order valence-corrected chi connectivity index (χ4v) is 5.70. The molecular weight excluding hydrogens is 464 g/mol. The molecule has 0 N–H and O–H groups in total. The monoisotopic (exact) mass is 482 g/mol. The standard InChI is InChI=1S/C27H18N2O7/c1-14-13-16(29(34)35)11-12-19(14)28-25(32)20-21(26(28)33)27(36-22(20)15-7-3-2-4-8-15)23(30)17-9-5-6-10-18(17)24(27)31/h2-13,20-22H,1H3/t20-,21+,22+/m0/s1. The van der Waals surface area contributed by atoms with Gasteiger partial charge in [-0.15, -0.1) is 0 Å². The highest BCUT2D eigenvalue weighted by Gasteiger charge is 2.74. The van der Waals surface area contributed by atoms with Gasteiger partial charge in [-0.1, -0.05) is 54.6 Å². The van der Waals surface area contributed by atoms with Crippen LogP contribution in [-0.2, 0) is 14.3 Å². The van der Waals surface area contributed by atoms with Gasteiger partial charge in [-0.3, -0.25) is 29.3 Å². The quantitative estimate of drug-likeness (QED) is 0.242. The zero-order valence-corrected chi connectivity index (χ0v) is 18.9. The Hall–Kier alpha value is -4.50. The van der Waals surface area contributed by atoms with Crippen LogP contribution in [0.2, 0.25) is 0 Å². The molecule has 0 saturated carbocycles. The highest BCUT2D eigenvalue weighted by atomic mass is 16.6. The van der Waals surface area contributed by atoms with Crippen molar-refractivity contribution >= 4 is 34.8 Å². The Morgan fingerprint density at radius 3 is 2.06 bits per heavy atom. The summed E-state index contributed by atoms with van der Waals surface area (Å²) in [6.45, 7) is 1.56. The molecule has 0 aromatic heterocycles. The zero-order chi connectivity index (χ0) is 25.4. The van der Waals surface area contributed by atoms with Crippen molar-refractivity contribution < 1.29 is 28.8 Å². The van der Waals surface area contributed by atoms with Crippen LogP contribution in [0.15, 0.2) is 72.8 Å². The Morgan fingerprint density at radius 1 is 0.861 bits per heavy atom. The number of fused-ring (bicyclic) bond motifs is 3. The Morgan fingerprint density at radius 2 is 1.47 bits per heavy atom. The van der Waals surface area contributed by atoms with Crippen molar-refractivity contribution in [3.05, 3.63) is 105 Å². The van der Waals surface area contributed by atoms with E-state index < -0.39 is 51.8 Å². The molecule has 1 spiro atoms. The molecule has 3 atom stereocenters. The van der Waals surface area contributed by atoms with Gasteiger partial charge in [0, 0.05) is 23.3 Å². The molecule has 36 heavy (non-hydrogen) atoms. The molecular formula is C27H18N2O7.